The third kappa shape index (κ3) is 6.05. The zero-order valence-electron chi connectivity index (χ0n) is 15.1. The Morgan fingerprint density at radius 2 is 1.42 bits per heavy atom. The topological polar surface area (TPSA) is 26.3 Å². The molecule has 26 heavy (non-hydrogen) atoms. The van der Waals surface area contributed by atoms with Gasteiger partial charge in [-0.05, 0) is 46.0 Å². The molecule has 3 heteroatoms. The molecule has 0 fully saturated rings. The second-order valence-electron chi connectivity index (χ2n) is 5.53. The number of hydrogen-bond donors (Lipinski definition) is 0. The zero-order valence-corrected chi connectivity index (χ0v) is 15.9. The molecule has 3 rings (SSSR count). The Bertz CT molecular complexity index is 828. The third-order valence-electron chi connectivity index (χ3n) is 3.69. The first-order valence-corrected chi connectivity index (χ1v) is 9.13. The van der Waals surface area contributed by atoms with E-state index >= 15 is 0 Å². The highest BCUT2D eigenvalue weighted by Gasteiger charge is 2.04. The molecule has 0 saturated carbocycles. The number of carbonyl (C=O) groups is 1. The Kier molecular flexibility index (Phi) is 7.91. The van der Waals surface area contributed by atoms with E-state index in [0.29, 0.717) is 6.61 Å². The average Bonchev–Trinajstić information content (AvgIpc) is 2.69. The fraction of sp³-hybridized carbons (Fsp3) is 0.174. The Hall–Kier alpha value is -2.58. The normalized spacial score (nSPS) is 9.81. The first-order valence-electron chi connectivity index (χ1n) is 8.75. The summed E-state index contributed by atoms with van der Waals surface area (Å²) in [7, 11) is 0. The van der Waals surface area contributed by atoms with Crippen molar-refractivity contribution in [2.45, 2.75) is 26.9 Å². The lowest BCUT2D eigenvalue weighted by atomic mass is 10.0. The van der Waals surface area contributed by atoms with Gasteiger partial charge >= 0.3 is 0 Å². The van der Waals surface area contributed by atoms with E-state index < -0.39 is 0 Å². The second kappa shape index (κ2) is 10.4. The van der Waals surface area contributed by atoms with Crippen LogP contribution in [0.4, 0.5) is 0 Å². The third-order valence-corrected chi connectivity index (χ3v) is 3.82. The van der Waals surface area contributed by atoms with E-state index in [2.05, 4.69) is 0 Å². The first-order chi connectivity index (χ1) is 12.7. The molecular weight excluding hydrogens is 344 g/mol. The van der Waals surface area contributed by atoms with Crippen LogP contribution in [0, 0.1) is 0 Å². The van der Waals surface area contributed by atoms with E-state index in [9.17, 15) is 4.79 Å². The van der Waals surface area contributed by atoms with Crippen LogP contribution in [0.3, 0.4) is 0 Å². The van der Waals surface area contributed by atoms with Gasteiger partial charge in [0.25, 0.3) is 0 Å². The number of carbonyl (C=O) groups excluding carboxylic acids is 1. The van der Waals surface area contributed by atoms with Crippen molar-refractivity contribution in [3.8, 4) is 16.9 Å². The van der Waals surface area contributed by atoms with Gasteiger partial charge in [-0.25, -0.2) is 0 Å². The molecule has 0 amide bonds. The fourth-order valence-corrected chi connectivity index (χ4v) is 2.68. The molecule has 0 saturated heterocycles. The maximum atomic E-state index is 11.1. The molecule has 134 valence electrons. The molecule has 0 aliphatic rings. The van der Waals surface area contributed by atoms with Gasteiger partial charge in [-0.15, -0.1) is 0 Å². The average molecular weight is 367 g/mol. The summed E-state index contributed by atoms with van der Waals surface area (Å²) >= 11 is 5.48. The molecule has 0 bridgehead atoms. The van der Waals surface area contributed by atoms with Crippen molar-refractivity contribution < 1.29 is 9.53 Å². The molecule has 0 radical (unpaired) electrons. The van der Waals surface area contributed by atoms with E-state index in [1.807, 2.05) is 92.7 Å². The Morgan fingerprint density at radius 1 is 0.808 bits per heavy atom. The number of benzene rings is 3. The molecule has 0 N–H and O–H groups in total. The van der Waals surface area contributed by atoms with Crippen LogP contribution in [-0.2, 0) is 17.8 Å². The Morgan fingerprint density at radius 3 is 2.12 bits per heavy atom. The summed E-state index contributed by atoms with van der Waals surface area (Å²) in [5.41, 5.74) is 4.12. The lowest BCUT2D eigenvalue weighted by Crippen LogP contribution is -1.95. The van der Waals surface area contributed by atoms with Gasteiger partial charge in [0.2, 0.25) is 5.24 Å². The van der Waals surface area contributed by atoms with Crippen molar-refractivity contribution in [2.24, 2.45) is 0 Å². The molecule has 0 aliphatic carbocycles. The second-order valence-corrected chi connectivity index (χ2v) is 5.96. The van der Waals surface area contributed by atoms with Crippen molar-refractivity contribution in [1.82, 2.24) is 0 Å². The highest BCUT2D eigenvalue weighted by molar-refractivity contribution is 6.63. The van der Waals surface area contributed by atoms with E-state index in [1.54, 1.807) is 0 Å². The molecule has 0 unspecified atom stereocenters. The van der Waals surface area contributed by atoms with Crippen molar-refractivity contribution in [3.05, 3.63) is 90.0 Å². The molecule has 0 spiro atoms. The molecule has 0 heterocycles. The van der Waals surface area contributed by atoms with Crippen LogP contribution in [0.5, 0.6) is 5.75 Å². The van der Waals surface area contributed by atoms with Crippen molar-refractivity contribution in [1.29, 1.82) is 0 Å². The summed E-state index contributed by atoms with van der Waals surface area (Å²) in [6, 6.07) is 25.8. The summed E-state index contributed by atoms with van der Waals surface area (Å²) < 4.78 is 5.87. The maximum Gasteiger partial charge on any atom is 0.226 e. The number of hydrogen-bond acceptors (Lipinski definition) is 2. The van der Waals surface area contributed by atoms with Crippen LogP contribution in [0.25, 0.3) is 11.1 Å². The van der Waals surface area contributed by atoms with E-state index in [4.69, 9.17) is 16.3 Å². The quantitative estimate of drug-likeness (QED) is 0.481. The summed E-state index contributed by atoms with van der Waals surface area (Å²) in [4.78, 5) is 11.1. The molecule has 0 aliphatic heterocycles. The van der Waals surface area contributed by atoms with E-state index in [-0.39, 0.29) is 11.7 Å². The summed E-state index contributed by atoms with van der Waals surface area (Å²) in [5, 5.41) is -0.355. The van der Waals surface area contributed by atoms with Crippen LogP contribution in [-0.4, -0.2) is 5.24 Å². The number of rotatable bonds is 6. The highest BCUT2D eigenvalue weighted by Crippen LogP contribution is 2.25. The minimum Gasteiger partial charge on any atom is -0.489 e. The van der Waals surface area contributed by atoms with Crippen molar-refractivity contribution >= 4 is 16.8 Å². The lowest BCUT2D eigenvalue weighted by Gasteiger charge is -2.09. The predicted molar refractivity (Wildman–Crippen MR) is 109 cm³/mol. The number of halogens is 1. The van der Waals surface area contributed by atoms with Crippen LogP contribution in [0.1, 0.15) is 25.0 Å². The molecule has 0 aromatic heterocycles. The summed E-state index contributed by atoms with van der Waals surface area (Å²) in [6.45, 7) is 4.53. The van der Waals surface area contributed by atoms with Gasteiger partial charge < -0.3 is 4.74 Å². The van der Waals surface area contributed by atoms with Gasteiger partial charge in [-0.1, -0.05) is 80.6 Å². The minimum absolute atomic E-state index is 0.236. The first kappa shape index (κ1) is 19.7. The number of ether oxygens (including phenoxy) is 1. The standard InChI is InChI=1S/C21H17ClO2.C2H6/c22-21(23)13-17-8-4-9-18(12-17)19-10-5-11-20(14-19)24-15-16-6-2-1-3-7-16;1-2/h1-12,14H,13,15H2;1-2H3. The van der Waals surface area contributed by atoms with Gasteiger partial charge in [0, 0.05) is 6.42 Å². The smallest absolute Gasteiger partial charge is 0.226 e. The zero-order chi connectivity index (χ0) is 18.8. The van der Waals surface area contributed by atoms with Crippen molar-refractivity contribution in [3.63, 3.8) is 0 Å². The van der Waals surface area contributed by atoms with Gasteiger partial charge in [0.15, 0.2) is 0 Å². The Balaban J connectivity index is 0.00000117. The highest BCUT2D eigenvalue weighted by atomic mass is 35.5. The van der Waals surface area contributed by atoms with Gasteiger partial charge in [-0.3, -0.25) is 4.79 Å². The molecule has 2 nitrogen and oxygen atoms in total. The maximum absolute atomic E-state index is 11.1. The molecule has 3 aromatic rings. The molecule has 3 aromatic carbocycles. The Labute approximate surface area is 160 Å². The van der Waals surface area contributed by atoms with Gasteiger partial charge in [0.05, 0.1) is 0 Å². The van der Waals surface area contributed by atoms with Gasteiger partial charge in [-0.2, -0.15) is 0 Å². The lowest BCUT2D eigenvalue weighted by molar-refractivity contribution is -0.111. The fourth-order valence-electron chi connectivity index (χ4n) is 2.53. The monoisotopic (exact) mass is 366 g/mol. The van der Waals surface area contributed by atoms with Crippen LogP contribution < -0.4 is 4.74 Å². The predicted octanol–water partition coefficient (Wildman–Crippen LogP) is 6.27. The summed E-state index contributed by atoms with van der Waals surface area (Å²) in [6.07, 6.45) is 0.236. The van der Waals surface area contributed by atoms with Crippen LogP contribution in [0.15, 0.2) is 78.9 Å². The molecule has 0 atom stereocenters. The van der Waals surface area contributed by atoms with Crippen LogP contribution >= 0.6 is 11.6 Å². The summed E-state index contributed by atoms with van der Waals surface area (Å²) in [5.74, 6) is 0.815. The van der Waals surface area contributed by atoms with E-state index in [0.717, 1.165) is 28.0 Å². The minimum atomic E-state index is -0.355. The van der Waals surface area contributed by atoms with Crippen molar-refractivity contribution in [2.75, 3.05) is 0 Å². The van der Waals surface area contributed by atoms with E-state index in [1.165, 1.54) is 0 Å². The van der Waals surface area contributed by atoms with Crippen LogP contribution in [0.2, 0.25) is 0 Å². The largest absolute Gasteiger partial charge is 0.489 e. The van der Waals surface area contributed by atoms with Gasteiger partial charge in [0.1, 0.15) is 12.4 Å². The molecular formula is C23H23ClO2. The SMILES string of the molecule is CC.O=C(Cl)Cc1cccc(-c2cccc(OCc3ccccc3)c2)c1.